The first kappa shape index (κ1) is 22.2. The van der Waals surface area contributed by atoms with Gasteiger partial charge >= 0.3 is 0 Å². The number of anilines is 2. The Bertz CT molecular complexity index is 1130. The number of carbonyl (C=O) groups excluding carboxylic acids is 1. The highest BCUT2D eigenvalue weighted by Crippen LogP contribution is 2.30. The first-order valence-electron chi connectivity index (χ1n) is 9.56. The SMILES string of the molecule is COc1ccc(N([C@@H](C)C(=O)Nc2ccccc2Oc2ccccc2)S(C)(=O)=O)cc1. The molecule has 0 heterocycles. The lowest BCUT2D eigenvalue weighted by molar-refractivity contribution is -0.116. The second kappa shape index (κ2) is 9.53. The quantitative estimate of drug-likeness (QED) is 0.565. The minimum absolute atomic E-state index is 0.361. The van der Waals surface area contributed by atoms with Crippen molar-refractivity contribution in [2.75, 3.05) is 23.0 Å². The van der Waals surface area contributed by atoms with Crippen LogP contribution in [0.1, 0.15) is 6.92 Å². The summed E-state index contributed by atoms with van der Waals surface area (Å²) in [5.74, 6) is 1.16. The topological polar surface area (TPSA) is 84.9 Å². The van der Waals surface area contributed by atoms with Crippen LogP contribution < -0.4 is 19.1 Å². The minimum Gasteiger partial charge on any atom is -0.497 e. The molecule has 31 heavy (non-hydrogen) atoms. The van der Waals surface area contributed by atoms with Gasteiger partial charge in [0.2, 0.25) is 15.9 Å². The van der Waals surface area contributed by atoms with Gasteiger partial charge in [0.25, 0.3) is 0 Å². The number of nitrogens with zero attached hydrogens (tertiary/aromatic N) is 1. The van der Waals surface area contributed by atoms with E-state index in [4.69, 9.17) is 9.47 Å². The molecule has 0 unspecified atom stereocenters. The summed E-state index contributed by atoms with van der Waals surface area (Å²) >= 11 is 0. The van der Waals surface area contributed by atoms with Crippen molar-refractivity contribution < 1.29 is 22.7 Å². The zero-order chi connectivity index (χ0) is 22.4. The Morgan fingerprint density at radius 1 is 0.903 bits per heavy atom. The first-order chi connectivity index (χ1) is 14.8. The van der Waals surface area contributed by atoms with Crippen LogP contribution in [0.3, 0.4) is 0 Å². The van der Waals surface area contributed by atoms with Crippen molar-refractivity contribution in [3.8, 4) is 17.2 Å². The average molecular weight is 441 g/mol. The summed E-state index contributed by atoms with van der Waals surface area (Å²) in [4.78, 5) is 13.0. The Morgan fingerprint density at radius 2 is 1.52 bits per heavy atom. The number of hydrogen-bond acceptors (Lipinski definition) is 5. The van der Waals surface area contributed by atoms with Gasteiger partial charge in [-0.25, -0.2) is 8.42 Å². The number of rotatable bonds is 8. The van der Waals surface area contributed by atoms with Crippen molar-refractivity contribution in [2.45, 2.75) is 13.0 Å². The van der Waals surface area contributed by atoms with Crippen LogP contribution in [0, 0.1) is 0 Å². The summed E-state index contributed by atoms with van der Waals surface area (Å²) in [5, 5.41) is 2.78. The van der Waals surface area contributed by atoms with Crippen LogP contribution in [0.2, 0.25) is 0 Å². The molecule has 0 aromatic heterocycles. The fourth-order valence-corrected chi connectivity index (χ4v) is 4.22. The van der Waals surface area contributed by atoms with Gasteiger partial charge in [0.15, 0.2) is 5.75 Å². The van der Waals surface area contributed by atoms with Gasteiger partial charge in [-0.15, -0.1) is 0 Å². The lowest BCUT2D eigenvalue weighted by atomic mass is 10.2. The molecule has 0 aliphatic carbocycles. The zero-order valence-electron chi connectivity index (χ0n) is 17.5. The summed E-state index contributed by atoms with van der Waals surface area (Å²) in [5.41, 5.74) is 0.797. The number of benzene rings is 3. The van der Waals surface area contributed by atoms with Crippen molar-refractivity contribution in [1.82, 2.24) is 0 Å². The molecule has 0 fully saturated rings. The number of nitrogens with one attached hydrogen (secondary N) is 1. The second-order valence-corrected chi connectivity index (χ2v) is 8.69. The number of ether oxygens (including phenoxy) is 2. The van der Waals surface area contributed by atoms with Gasteiger partial charge in [-0.3, -0.25) is 9.10 Å². The van der Waals surface area contributed by atoms with Crippen LogP contribution in [-0.2, 0) is 14.8 Å². The fourth-order valence-electron chi connectivity index (χ4n) is 3.05. The van der Waals surface area contributed by atoms with Crippen LogP contribution in [0.25, 0.3) is 0 Å². The Balaban J connectivity index is 1.84. The average Bonchev–Trinajstić information content (AvgIpc) is 2.75. The molecule has 162 valence electrons. The van der Waals surface area contributed by atoms with Crippen molar-refractivity contribution in [1.29, 1.82) is 0 Å². The van der Waals surface area contributed by atoms with Crippen LogP contribution in [0.5, 0.6) is 17.2 Å². The third-order valence-electron chi connectivity index (χ3n) is 4.53. The van der Waals surface area contributed by atoms with Gasteiger partial charge in [-0.2, -0.15) is 0 Å². The van der Waals surface area contributed by atoms with E-state index >= 15 is 0 Å². The van der Waals surface area contributed by atoms with E-state index in [1.54, 1.807) is 60.7 Å². The number of para-hydroxylation sites is 3. The van der Waals surface area contributed by atoms with Crippen molar-refractivity contribution in [3.05, 3.63) is 78.9 Å². The molecule has 0 radical (unpaired) electrons. The lowest BCUT2D eigenvalue weighted by Gasteiger charge is -2.28. The molecule has 3 aromatic rings. The number of hydrogen-bond donors (Lipinski definition) is 1. The molecular weight excluding hydrogens is 416 g/mol. The Labute approximate surface area is 182 Å². The molecule has 1 atom stereocenters. The molecule has 0 aliphatic heterocycles. The highest BCUT2D eigenvalue weighted by Gasteiger charge is 2.29. The van der Waals surface area contributed by atoms with E-state index < -0.39 is 22.0 Å². The van der Waals surface area contributed by atoms with Gasteiger partial charge in [0.1, 0.15) is 17.5 Å². The lowest BCUT2D eigenvalue weighted by Crippen LogP contribution is -2.45. The molecule has 0 saturated carbocycles. The summed E-state index contributed by atoms with van der Waals surface area (Å²) in [6.45, 7) is 1.53. The van der Waals surface area contributed by atoms with Gasteiger partial charge in [-0.1, -0.05) is 30.3 Å². The van der Waals surface area contributed by atoms with Gasteiger partial charge in [0, 0.05) is 0 Å². The van der Waals surface area contributed by atoms with Crippen LogP contribution >= 0.6 is 0 Å². The molecular formula is C23H24N2O5S. The second-order valence-electron chi connectivity index (χ2n) is 6.83. The summed E-state index contributed by atoms with van der Waals surface area (Å²) in [6, 6.07) is 21.6. The Kier molecular flexibility index (Phi) is 6.81. The first-order valence-corrected chi connectivity index (χ1v) is 11.4. The maximum atomic E-state index is 13.0. The van der Waals surface area contributed by atoms with E-state index in [2.05, 4.69) is 5.32 Å². The van der Waals surface area contributed by atoms with Crippen molar-refractivity contribution in [2.24, 2.45) is 0 Å². The smallest absolute Gasteiger partial charge is 0.248 e. The van der Waals surface area contributed by atoms with E-state index in [1.165, 1.54) is 14.0 Å². The molecule has 0 bridgehead atoms. The summed E-state index contributed by atoms with van der Waals surface area (Å²) < 4.78 is 37.0. The molecule has 0 saturated heterocycles. The van der Waals surface area contributed by atoms with E-state index in [0.717, 1.165) is 10.6 Å². The number of methoxy groups -OCH3 is 1. The van der Waals surface area contributed by atoms with E-state index in [0.29, 0.717) is 28.6 Å². The minimum atomic E-state index is -3.73. The predicted molar refractivity (Wildman–Crippen MR) is 121 cm³/mol. The summed E-state index contributed by atoms with van der Waals surface area (Å²) in [7, 11) is -2.21. The molecule has 7 nitrogen and oxygen atoms in total. The molecule has 1 N–H and O–H groups in total. The Hall–Kier alpha value is -3.52. The molecule has 3 aromatic carbocycles. The number of amides is 1. The van der Waals surface area contributed by atoms with Gasteiger partial charge < -0.3 is 14.8 Å². The maximum absolute atomic E-state index is 13.0. The molecule has 1 amide bonds. The highest BCUT2D eigenvalue weighted by atomic mass is 32.2. The molecule has 0 spiro atoms. The van der Waals surface area contributed by atoms with Gasteiger partial charge in [0.05, 0.1) is 24.7 Å². The standard InChI is InChI=1S/C23H24N2O5S/c1-17(25(31(3,27)28)18-13-15-19(29-2)16-14-18)23(26)24-21-11-7-8-12-22(21)30-20-9-5-4-6-10-20/h4-17H,1-3H3,(H,24,26)/t17-/m0/s1. The van der Waals surface area contributed by atoms with Crippen LogP contribution in [-0.4, -0.2) is 33.7 Å². The fraction of sp³-hybridized carbons (Fsp3) is 0.174. The largest absolute Gasteiger partial charge is 0.497 e. The Morgan fingerprint density at radius 3 is 2.13 bits per heavy atom. The van der Waals surface area contributed by atoms with Crippen molar-refractivity contribution in [3.63, 3.8) is 0 Å². The van der Waals surface area contributed by atoms with E-state index in [1.807, 2.05) is 18.2 Å². The monoisotopic (exact) mass is 440 g/mol. The third kappa shape index (κ3) is 5.55. The highest BCUT2D eigenvalue weighted by molar-refractivity contribution is 7.92. The molecule has 3 rings (SSSR count). The third-order valence-corrected chi connectivity index (χ3v) is 5.77. The summed E-state index contributed by atoms with van der Waals surface area (Å²) in [6.07, 6.45) is 1.06. The normalized spacial score (nSPS) is 12.0. The van der Waals surface area contributed by atoms with Crippen LogP contribution in [0.15, 0.2) is 78.9 Å². The van der Waals surface area contributed by atoms with Crippen LogP contribution in [0.4, 0.5) is 11.4 Å². The van der Waals surface area contributed by atoms with Gasteiger partial charge in [-0.05, 0) is 55.5 Å². The number of sulfonamides is 1. The van der Waals surface area contributed by atoms with E-state index in [9.17, 15) is 13.2 Å². The predicted octanol–water partition coefficient (Wildman–Crippen LogP) is 4.28. The maximum Gasteiger partial charge on any atom is 0.248 e. The molecule has 8 heteroatoms. The van der Waals surface area contributed by atoms with E-state index in [-0.39, 0.29) is 0 Å². The number of carbonyl (C=O) groups is 1. The molecule has 0 aliphatic rings. The van der Waals surface area contributed by atoms with Crippen molar-refractivity contribution >= 4 is 27.3 Å². The zero-order valence-corrected chi connectivity index (χ0v) is 18.3.